The van der Waals surface area contributed by atoms with E-state index in [1.54, 1.807) is 18.2 Å². The normalized spacial score (nSPS) is 13.2. The number of carbonyl (C=O) groups is 1. The van der Waals surface area contributed by atoms with Crippen LogP contribution in [0.1, 0.15) is 28.2 Å². The van der Waals surface area contributed by atoms with Gasteiger partial charge in [-0.1, -0.05) is 18.2 Å². The predicted molar refractivity (Wildman–Crippen MR) is 107 cm³/mol. The summed E-state index contributed by atoms with van der Waals surface area (Å²) in [5.74, 6) is -2.32. The highest BCUT2D eigenvalue weighted by Gasteiger charge is 2.31. The fourth-order valence-electron chi connectivity index (χ4n) is 3.70. The Hall–Kier alpha value is -4.01. The Balaban J connectivity index is 1.53. The summed E-state index contributed by atoms with van der Waals surface area (Å²) in [6.45, 7) is 0.203. The molecule has 0 atom stereocenters. The Morgan fingerprint density at radius 3 is 2.44 bits per heavy atom. The van der Waals surface area contributed by atoms with E-state index >= 15 is 0 Å². The van der Waals surface area contributed by atoms with Gasteiger partial charge in [-0.25, -0.2) is 8.78 Å². The van der Waals surface area contributed by atoms with E-state index in [-0.39, 0.29) is 18.3 Å². The third-order valence-electron chi connectivity index (χ3n) is 5.17. The van der Waals surface area contributed by atoms with Gasteiger partial charge in [-0.3, -0.25) is 4.79 Å². The number of benzene rings is 3. The lowest BCUT2D eigenvalue weighted by atomic mass is 10.0. The number of alkyl halides is 2. The SMILES string of the molecule is O=C1c2cc(-c3nnc(C(F)F)o3)ccc2CN1c1ccc(F)cc1-c1cccc(F)c1. The van der Waals surface area contributed by atoms with Crippen LogP contribution in [0.3, 0.4) is 0 Å². The van der Waals surface area contributed by atoms with Gasteiger partial charge in [0.15, 0.2) is 0 Å². The molecule has 1 amide bonds. The minimum Gasteiger partial charge on any atom is -0.415 e. The molecule has 2 heterocycles. The first kappa shape index (κ1) is 19.9. The lowest BCUT2D eigenvalue weighted by Crippen LogP contribution is -2.23. The Labute approximate surface area is 178 Å². The molecule has 0 N–H and O–H groups in total. The van der Waals surface area contributed by atoms with Crippen LogP contribution in [0.2, 0.25) is 0 Å². The standard InChI is InChI=1S/C23H13F4N3O2/c24-15-3-1-2-12(8-15)17-10-16(25)6-7-19(17)30-11-14-5-4-13(9-18(14)23(30)31)21-28-29-22(32-21)20(26)27/h1-10,20H,11H2. The molecule has 0 unspecified atom stereocenters. The number of fused-ring (bicyclic) bond motifs is 1. The van der Waals surface area contributed by atoms with E-state index in [2.05, 4.69) is 10.2 Å². The highest BCUT2D eigenvalue weighted by Crippen LogP contribution is 2.38. The van der Waals surface area contributed by atoms with Gasteiger partial charge in [-0.15, -0.1) is 10.2 Å². The number of anilines is 1. The van der Waals surface area contributed by atoms with E-state index in [1.165, 1.54) is 47.4 Å². The van der Waals surface area contributed by atoms with Crippen LogP contribution in [-0.2, 0) is 6.54 Å². The number of halogens is 4. The van der Waals surface area contributed by atoms with Crippen LogP contribution in [0, 0.1) is 11.6 Å². The van der Waals surface area contributed by atoms with Crippen molar-refractivity contribution in [3.8, 4) is 22.6 Å². The minimum atomic E-state index is -2.90. The average molecular weight is 439 g/mol. The maximum atomic E-state index is 14.0. The summed E-state index contributed by atoms with van der Waals surface area (Å²) in [5, 5.41) is 6.91. The largest absolute Gasteiger partial charge is 0.415 e. The molecule has 1 aliphatic heterocycles. The molecule has 1 aromatic heterocycles. The predicted octanol–water partition coefficient (Wildman–Crippen LogP) is 5.78. The van der Waals surface area contributed by atoms with Crippen LogP contribution in [0.4, 0.5) is 23.2 Å². The second kappa shape index (κ2) is 7.60. The lowest BCUT2D eigenvalue weighted by Gasteiger charge is -2.20. The zero-order chi connectivity index (χ0) is 22.4. The highest BCUT2D eigenvalue weighted by atomic mass is 19.3. The highest BCUT2D eigenvalue weighted by molar-refractivity contribution is 6.12. The van der Waals surface area contributed by atoms with Gasteiger partial charge in [0.05, 0.1) is 12.2 Å². The summed E-state index contributed by atoms with van der Waals surface area (Å²) in [4.78, 5) is 14.7. The van der Waals surface area contributed by atoms with Gasteiger partial charge in [0, 0.05) is 16.7 Å². The molecule has 4 aromatic rings. The summed E-state index contributed by atoms with van der Waals surface area (Å²) in [6.07, 6.45) is -2.90. The number of hydrogen-bond acceptors (Lipinski definition) is 4. The Bertz CT molecular complexity index is 1350. The van der Waals surface area contributed by atoms with Crippen molar-refractivity contribution in [2.45, 2.75) is 13.0 Å². The molecule has 0 aliphatic carbocycles. The molecule has 0 bridgehead atoms. The molecule has 1 aliphatic rings. The zero-order valence-electron chi connectivity index (χ0n) is 16.2. The topological polar surface area (TPSA) is 59.2 Å². The zero-order valence-corrected chi connectivity index (χ0v) is 16.2. The van der Waals surface area contributed by atoms with Gasteiger partial charge in [0.2, 0.25) is 5.89 Å². The molecular weight excluding hydrogens is 426 g/mol. The number of aromatic nitrogens is 2. The molecule has 9 heteroatoms. The second-order valence-electron chi connectivity index (χ2n) is 7.18. The van der Waals surface area contributed by atoms with Crippen molar-refractivity contribution in [2.24, 2.45) is 0 Å². The van der Waals surface area contributed by atoms with E-state index in [1.807, 2.05) is 0 Å². The third kappa shape index (κ3) is 3.41. The second-order valence-corrected chi connectivity index (χ2v) is 7.18. The number of hydrogen-bond donors (Lipinski definition) is 0. The van der Waals surface area contributed by atoms with Crippen LogP contribution in [-0.4, -0.2) is 16.1 Å². The molecule has 0 saturated heterocycles. The van der Waals surface area contributed by atoms with E-state index in [9.17, 15) is 22.4 Å². The molecule has 32 heavy (non-hydrogen) atoms. The monoisotopic (exact) mass is 439 g/mol. The number of amides is 1. The Morgan fingerprint density at radius 1 is 0.875 bits per heavy atom. The van der Waals surface area contributed by atoms with Gasteiger partial charge in [-0.05, 0) is 53.6 Å². The molecule has 0 radical (unpaired) electrons. The van der Waals surface area contributed by atoms with Crippen LogP contribution >= 0.6 is 0 Å². The van der Waals surface area contributed by atoms with Gasteiger partial charge >= 0.3 is 6.43 Å². The van der Waals surface area contributed by atoms with Crippen LogP contribution in [0.15, 0.2) is 65.1 Å². The van der Waals surface area contributed by atoms with Gasteiger partial charge in [0.1, 0.15) is 11.6 Å². The van der Waals surface area contributed by atoms with Crippen LogP contribution < -0.4 is 4.90 Å². The summed E-state index contributed by atoms with van der Waals surface area (Å²) in [7, 11) is 0. The van der Waals surface area contributed by atoms with Crippen molar-refractivity contribution < 1.29 is 26.8 Å². The molecule has 160 valence electrons. The quantitative estimate of drug-likeness (QED) is 0.378. The molecule has 0 saturated carbocycles. The first-order valence-corrected chi connectivity index (χ1v) is 9.53. The van der Waals surface area contributed by atoms with E-state index < -0.39 is 24.0 Å². The van der Waals surface area contributed by atoms with Crippen molar-refractivity contribution >= 4 is 11.6 Å². The summed E-state index contributed by atoms with van der Waals surface area (Å²) in [6, 6.07) is 14.4. The van der Waals surface area contributed by atoms with Gasteiger partial charge < -0.3 is 9.32 Å². The summed E-state index contributed by atoms with van der Waals surface area (Å²) >= 11 is 0. The Kier molecular flexibility index (Phi) is 4.73. The van der Waals surface area contributed by atoms with Crippen LogP contribution in [0.5, 0.6) is 0 Å². The summed E-state index contributed by atoms with van der Waals surface area (Å²) < 4.78 is 58.2. The maximum absolute atomic E-state index is 14.0. The van der Waals surface area contributed by atoms with Crippen molar-refractivity contribution in [3.63, 3.8) is 0 Å². The molecule has 5 nitrogen and oxygen atoms in total. The average Bonchev–Trinajstić information content (AvgIpc) is 3.39. The minimum absolute atomic E-state index is 0.128. The molecule has 0 spiro atoms. The first-order chi connectivity index (χ1) is 15.4. The van der Waals surface area contributed by atoms with Gasteiger partial charge in [-0.2, -0.15) is 8.78 Å². The van der Waals surface area contributed by atoms with Crippen molar-refractivity contribution in [1.82, 2.24) is 10.2 Å². The lowest BCUT2D eigenvalue weighted by molar-refractivity contribution is 0.0996. The smallest absolute Gasteiger partial charge is 0.314 e. The van der Waals surface area contributed by atoms with E-state index in [0.29, 0.717) is 33.5 Å². The number of nitrogens with zero attached hydrogens (tertiary/aromatic N) is 3. The first-order valence-electron chi connectivity index (χ1n) is 9.53. The fraction of sp³-hybridized carbons (Fsp3) is 0.0870. The number of rotatable bonds is 4. The molecule has 0 fully saturated rings. The summed E-state index contributed by atoms with van der Waals surface area (Å²) in [5.41, 5.74) is 2.54. The number of carbonyl (C=O) groups excluding carboxylic acids is 1. The maximum Gasteiger partial charge on any atom is 0.314 e. The van der Waals surface area contributed by atoms with Crippen molar-refractivity contribution in [1.29, 1.82) is 0 Å². The molecular formula is C23H13F4N3O2. The fourth-order valence-corrected chi connectivity index (χ4v) is 3.70. The van der Waals surface area contributed by atoms with Crippen molar-refractivity contribution in [2.75, 3.05) is 4.90 Å². The van der Waals surface area contributed by atoms with Crippen molar-refractivity contribution in [3.05, 3.63) is 89.3 Å². The Morgan fingerprint density at radius 2 is 1.69 bits per heavy atom. The van der Waals surface area contributed by atoms with Gasteiger partial charge in [0.25, 0.3) is 11.8 Å². The molecule has 5 rings (SSSR count). The van der Waals surface area contributed by atoms with E-state index in [4.69, 9.17) is 4.42 Å². The third-order valence-corrected chi connectivity index (χ3v) is 5.17. The molecule has 3 aromatic carbocycles. The van der Waals surface area contributed by atoms with Crippen LogP contribution in [0.25, 0.3) is 22.6 Å². The van der Waals surface area contributed by atoms with E-state index in [0.717, 1.165) is 0 Å².